The number of halogens is 1. The summed E-state index contributed by atoms with van der Waals surface area (Å²) in [5.41, 5.74) is 5.74. The molecule has 1 rings (SSSR count). The molecular formula is C11H17ClN2OS. The minimum Gasteiger partial charge on any atom is -0.350 e. The molecule has 1 atom stereocenters. The molecule has 1 heterocycles. The molecule has 16 heavy (non-hydrogen) atoms. The number of hydrogen-bond donors (Lipinski definition) is 2. The third-order valence-electron chi connectivity index (χ3n) is 2.27. The normalized spacial score (nSPS) is 12.4. The van der Waals surface area contributed by atoms with Crippen molar-refractivity contribution in [1.29, 1.82) is 0 Å². The Labute approximate surface area is 105 Å². The minimum atomic E-state index is -0.393. The third kappa shape index (κ3) is 4.51. The molecule has 0 aliphatic rings. The molecule has 0 saturated heterocycles. The van der Waals surface area contributed by atoms with E-state index in [1.807, 2.05) is 12.1 Å². The number of carbonyl (C=O) groups excluding carboxylic acids is 1. The van der Waals surface area contributed by atoms with E-state index >= 15 is 0 Å². The van der Waals surface area contributed by atoms with Gasteiger partial charge in [0, 0.05) is 4.88 Å². The zero-order valence-electron chi connectivity index (χ0n) is 9.33. The summed E-state index contributed by atoms with van der Waals surface area (Å²) in [6.45, 7) is 2.59. The number of nitrogens with one attached hydrogen (secondary N) is 1. The summed E-state index contributed by atoms with van der Waals surface area (Å²) >= 11 is 7.26. The van der Waals surface area contributed by atoms with Crippen LogP contribution in [0.4, 0.5) is 0 Å². The molecule has 0 aliphatic carbocycles. The zero-order valence-corrected chi connectivity index (χ0v) is 10.9. The molecule has 3 nitrogen and oxygen atoms in total. The van der Waals surface area contributed by atoms with Crippen LogP contribution in [0.5, 0.6) is 0 Å². The summed E-state index contributed by atoms with van der Waals surface area (Å²) in [5, 5.41) is 2.81. The highest BCUT2D eigenvalue weighted by molar-refractivity contribution is 7.16. The molecule has 0 saturated carbocycles. The average Bonchev–Trinajstić information content (AvgIpc) is 2.68. The van der Waals surface area contributed by atoms with Gasteiger partial charge in [0.1, 0.15) is 0 Å². The van der Waals surface area contributed by atoms with Crippen molar-refractivity contribution in [3.05, 3.63) is 21.3 Å². The van der Waals surface area contributed by atoms with E-state index in [1.54, 1.807) is 0 Å². The van der Waals surface area contributed by atoms with E-state index < -0.39 is 6.04 Å². The maximum atomic E-state index is 11.6. The fraction of sp³-hybridized carbons (Fsp3) is 0.545. The maximum absolute atomic E-state index is 11.6. The molecule has 1 aromatic heterocycles. The van der Waals surface area contributed by atoms with E-state index in [0.29, 0.717) is 6.54 Å². The molecule has 0 bridgehead atoms. The Bertz CT molecular complexity index is 340. The van der Waals surface area contributed by atoms with Gasteiger partial charge in [-0.1, -0.05) is 31.4 Å². The van der Waals surface area contributed by atoms with Gasteiger partial charge in [0.15, 0.2) is 0 Å². The lowest BCUT2D eigenvalue weighted by molar-refractivity contribution is -0.122. The van der Waals surface area contributed by atoms with Crippen LogP contribution in [0.15, 0.2) is 12.1 Å². The molecule has 1 amide bonds. The maximum Gasteiger partial charge on any atom is 0.237 e. The highest BCUT2D eigenvalue weighted by Crippen LogP contribution is 2.20. The van der Waals surface area contributed by atoms with Gasteiger partial charge in [-0.15, -0.1) is 11.3 Å². The second-order valence-corrected chi connectivity index (χ2v) is 5.47. The predicted molar refractivity (Wildman–Crippen MR) is 68.7 cm³/mol. The summed E-state index contributed by atoms with van der Waals surface area (Å²) in [7, 11) is 0. The first-order valence-corrected chi connectivity index (χ1v) is 6.60. The fourth-order valence-electron chi connectivity index (χ4n) is 1.31. The Morgan fingerprint density at radius 2 is 2.38 bits per heavy atom. The number of carbonyl (C=O) groups is 1. The first-order valence-electron chi connectivity index (χ1n) is 5.41. The van der Waals surface area contributed by atoms with Crippen LogP contribution in [-0.2, 0) is 11.3 Å². The van der Waals surface area contributed by atoms with Crippen molar-refractivity contribution in [3.8, 4) is 0 Å². The number of thiophene rings is 1. The monoisotopic (exact) mass is 260 g/mol. The van der Waals surface area contributed by atoms with Gasteiger partial charge in [-0.25, -0.2) is 0 Å². The van der Waals surface area contributed by atoms with Crippen LogP contribution in [-0.4, -0.2) is 11.9 Å². The van der Waals surface area contributed by atoms with Crippen LogP contribution in [0.3, 0.4) is 0 Å². The van der Waals surface area contributed by atoms with Crippen molar-refractivity contribution < 1.29 is 4.79 Å². The van der Waals surface area contributed by atoms with Crippen molar-refractivity contribution in [1.82, 2.24) is 5.32 Å². The van der Waals surface area contributed by atoms with Gasteiger partial charge in [0.25, 0.3) is 0 Å². The molecule has 0 aliphatic heterocycles. The molecule has 0 aromatic carbocycles. The Hall–Kier alpha value is -0.580. The second-order valence-electron chi connectivity index (χ2n) is 3.67. The van der Waals surface area contributed by atoms with Crippen molar-refractivity contribution in [2.45, 2.75) is 38.8 Å². The predicted octanol–water partition coefficient (Wildman–Crippen LogP) is 2.54. The first kappa shape index (κ1) is 13.5. The van der Waals surface area contributed by atoms with Crippen LogP contribution in [0.1, 0.15) is 31.1 Å². The van der Waals surface area contributed by atoms with Gasteiger partial charge < -0.3 is 11.1 Å². The quantitative estimate of drug-likeness (QED) is 0.826. The van der Waals surface area contributed by atoms with Gasteiger partial charge in [-0.05, 0) is 18.6 Å². The van der Waals surface area contributed by atoms with Crippen molar-refractivity contribution >= 4 is 28.8 Å². The number of rotatable bonds is 6. The Balaban J connectivity index is 2.29. The van der Waals surface area contributed by atoms with E-state index in [1.165, 1.54) is 11.3 Å². The van der Waals surface area contributed by atoms with Crippen LogP contribution < -0.4 is 11.1 Å². The average molecular weight is 261 g/mol. The lowest BCUT2D eigenvalue weighted by Crippen LogP contribution is -2.39. The topological polar surface area (TPSA) is 55.1 Å². The standard InChI is InChI=1S/C11H17ClN2OS/c1-2-3-4-9(13)11(15)14-7-8-5-6-10(12)16-8/h5-6,9H,2-4,7,13H2,1H3,(H,14,15). The van der Waals surface area contributed by atoms with Crippen LogP contribution >= 0.6 is 22.9 Å². The van der Waals surface area contributed by atoms with E-state index in [-0.39, 0.29) is 5.91 Å². The van der Waals surface area contributed by atoms with Gasteiger partial charge in [0.05, 0.1) is 16.9 Å². The van der Waals surface area contributed by atoms with Crippen LogP contribution in [0.2, 0.25) is 4.34 Å². The summed E-state index contributed by atoms with van der Waals surface area (Å²) in [6.07, 6.45) is 2.79. The SMILES string of the molecule is CCCCC(N)C(=O)NCc1ccc(Cl)s1. The van der Waals surface area contributed by atoms with Crippen LogP contribution in [0.25, 0.3) is 0 Å². The highest BCUT2D eigenvalue weighted by atomic mass is 35.5. The van der Waals surface area contributed by atoms with Crippen LogP contribution in [0, 0.1) is 0 Å². The third-order valence-corrected chi connectivity index (χ3v) is 3.50. The van der Waals surface area contributed by atoms with Crippen molar-refractivity contribution in [2.24, 2.45) is 5.73 Å². The molecule has 3 N–H and O–H groups in total. The molecule has 1 aromatic rings. The smallest absolute Gasteiger partial charge is 0.237 e. The van der Waals surface area contributed by atoms with Gasteiger partial charge in [-0.3, -0.25) is 4.79 Å². The lowest BCUT2D eigenvalue weighted by Gasteiger charge is -2.10. The summed E-state index contributed by atoms with van der Waals surface area (Å²) in [6, 6.07) is 3.34. The van der Waals surface area contributed by atoms with Crippen molar-refractivity contribution in [2.75, 3.05) is 0 Å². The van der Waals surface area contributed by atoms with Gasteiger partial charge in [-0.2, -0.15) is 0 Å². The van der Waals surface area contributed by atoms with Gasteiger partial charge >= 0.3 is 0 Å². The van der Waals surface area contributed by atoms with E-state index in [9.17, 15) is 4.79 Å². The largest absolute Gasteiger partial charge is 0.350 e. The molecule has 1 unspecified atom stereocenters. The second kappa shape index (κ2) is 6.89. The lowest BCUT2D eigenvalue weighted by atomic mass is 10.1. The fourth-order valence-corrected chi connectivity index (χ4v) is 2.33. The molecule has 90 valence electrons. The Morgan fingerprint density at radius 3 is 2.94 bits per heavy atom. The molecule has 5 heteroatoms. The molecule has 0 radical (unpaired) electrons. The number of nitrogens with two attached hydrogens (primary N) is 1. The molecule has 0 fully saturated rings. The number of hydrogen-bond acceptors (Lipinski definition) is 3. The van der Waals surface area contributed by atoms with Crippen molar-refractivity contribution in [3.63, 3.8) is 0 Å². The van der Waals surface area contributed by atoms with Gasteiger partial charge in [0.2, 0.25) is 5.91 Å². The Kier molecular flexibility index (Phi) is 5.80. The summed E-state index contributed by atoms with van der Waals surface area (Å²) < 4.78 is 0.736. The first-order chi connectivity index (χ1) is 7.63. The zero-order chi connectivity index (χ0) is 12.0. The summed E-state index contributed by atoms with van der Waals surface area (Å²) in [5.74, 6) is -0.0852. The molecule has 0 spiro atoms. The van der Waals surface area contributed by atoms with E-state index in [2.05, 4.69) is 12.2 Å². The molecular weight excluding hydrogens is 244 g/mol. The number of unbranched alkanes of at least 4 members (excludes halogenated alkanes) is 1. The Morgan fingerprint density at radius 1 is 1.62 bits per heavy atom. The highest BCUT2D eigenvalue weighted by Gasteiger charge is 2.12. The van der Waals surface area contributed by atoms with E-state index in [0.717, 1.165) is 28.5 Å². The van der Waals surface area contributed by atoms with E-state index in [4.69, 9.17) is 17.3 Å². The number of amides is 1. The minimum absolute atomic E-state index is 0.0852. The summed E-state index contributed by atoms with van der Waals surface area (Å²) in [4.78, 5) is 12.6.